The number of amides is 2. The smallest absolute Gasteiger partial charge is 0.255 e. The summed E-state index contributed by atoms with van der Waals surface area (Å²) in [6.45, 7) is 4.26. The van der Waals surface area contributed by atoms with E-state index in [0.29, 0.717) is 30.0 Å². The van der Waals surface area contributed by atoms with E-state index in [2.05, 4.69) is 10.6 Å². The molecule has 2 N–H and O–H groups in total. The fraction of sp³-hybridized carbons (Fsp3) is 0.222. The largest absolute Gasteiger partial charge is 0.491 e. The van der Waals surface area contributed by atoms with Crippen LogP contribution in [0.25, 0.3) is 0 Å². The second-order valence-electron chi connectivity index (χ2n) is 5.63. The fourth-order valence-electron chi connectivity index (χ4n) is 2.43. The van der Waals surface area contributed by atoms with Gasteiger partial charge >= 0.3 is 0 Å². The van der Waals surface area contributed by atoms with Crippen molar-refractivity contribution in [3.05, 3.63) is 53.1 Å². The van der Waals surface area contributed by atoms with Gasteiger partial charge in [0.25, 0.3) is 5.91 Å². The van der Waals surface area contributed by atoms with Crippen LogP contribution in [0.5, 0.6) is 5.75 Å². The summed E-state index contributed by atoms with van der Waals surface area (Å²) >= 11 is 0. The summed E-state index contributed by atoms with van der Waals surface area (Å²) in [5.41, 5.74) is 3.85. The molecule has 0 fully saturated rings. The van der Waals surface area contributed by atoms with Gasteiger partial charge in [-0.3, -0.25) is 9.59 Å². The van der Waals surface area contributed by atoms with Crippen molar-refractivity contribution in [3.8, 4) is 5.75 Å². The molecular weight excluding hydrogens is 292 g/mol. The third kappa shape index (κ3) is 3.34. The Morgan fingerprint density at radius 1 is 1.17 bits per heavy atom. The van der Waals surface area contributed by atoms with Gasteiger partial charge < -0.3 is 15.4 Å². The molecule has 0 spiro atoms. The minimum atomic E-state index is -0.222. The highest BCUT2D eigenvalue weighted by Crippen LogP contribution is 2.28. The van der Waals surface area contributed by atoms with Gasteiger partial charge in [-0.1, -0.05) is 12.1 Å². The highest BCUT2D eigenvalue weighted by atomic mass is 16.5. The first kappa shape index (κ1) is 15.1. The summed E-state index contributed by atoms with van der Waals surface area (Å²) in [4.78, 5) is 24.1. The van der Waals surface area contributed by atoms with Crippen molar-refractivity contribution in [3.63, 3.8) is 0 Å². The molecule has 0 bridgehead atoms. The van der Waals surface area contributed by atoms with E-state index < -0.39 is 0 Å². The Hall–Kier alpha value is -2.82. The number of carbonyl (C=O) groups is 2. The Labute approximate surface area is 134 Å². The molecule has 1 aliphatic rings. The lowest BCUT2D eigenvalue weighted by atomic mass is 10.1. The minimum absolute atomic E-state index is 0.115. The van der Waals surface area contributed by atoms with Crippen LogP contribution in [0.1, 0.15) is 27.9 Å². The summed E-state index contributed by atoms with van der Waals surface area (Å²) in [5.74, 6) is 0.245. The van der Waals surface area contributed by atoms with Crippen molar-refractivity contribution >= 4 is 23.2 Å². The highest BCUT2D eigenvalue weighted by molar-refractivity contribution is 6.06. The van der Waals surface area contributed by atoms with Crippen molar-refractivity contribution in [2.24, 2.45) is 0 Å². The fourth-order valence-corrected chi connectivity index (χ4v) is 2.43. The number of ether oxygens (including phenoxy) is 1. The second-order valence-corrected chi connectivity index (χ2v) is 5.63. The topological polar surface area (TPSA) is 67.4 Å². The number of nitrogens with one attached hydrogen (secondary N) is 2. The number of hydrogen-bond acceptors (Lipinski definition) is 3. The van der Waals surface area contributed by atoms with E-state index in [1.165, 1.54) is 0 Å². The van der Waals surface area contributed by atoms with Gasteiger partial charge in [-0.05, 0) is 49.2 Å². The van der Waals surface area contributed by atoms with Gasteiger partial charge in [-0.25, -0.2) is 0 Å². The normalized spacial score (nSPS) is 13.4. The standard InChI is InChI=1S/C18H18N2O3/c1-11-3-4-12(2)14(9-11)20-18(22)13-5-6-16-15(10-13)19-17(21)7-8-23-16/h3-6,9-10H,7-8H2,1-2H3,(H,19,21)(H,20,22). The van der Waals surface area contributed by atoms with E-state index in [1.807, 2.05) is 32.0 Å². The van der Waals surface area contributed by atoms with Crippen LogP contribution in [0.15, 0.2) is 36.4 Å². The number of carbonyl (C=O) groups excluding carboxylic acids is 2. The number of benzene rings is 2. The van der Waals surface area contributed by atoms with Crippen molar-refractivity contribution < 1.29 is 14.3 Å². The van der Waals surface area contributed by atoms with Crippen LogP contribution in [-0.4, -0.2) is 18.4 Å². The minimum Gasteiger partial charge on any atom is -0.491 e. The predicted octanol–water partition coefficient (Wildman–Crippen LogP) is 3.28. The lowest BCUT2D eigenvalue weighted by Gasteiger charge is -2.12. The third-order valence-electron chi connectivity index (χ3n) is 3.74. The van der Waals surface area contributed by atoms with Crippen LogP contribution in [0.2, 0.25) is 0 Å². The molecule has 5 nitrogen and oxygen atoms in total. The zero-order valence-electron chi connectivity index (χ0n) is 13.1. The summed E-state index contributed by atoms with van der Waals surface area (Å²) < 4.78 is 5.49. The average Bonchev–Trinajstić information content (AvgIpc) is 2.70. The van der Waals surface area contributed by atoms with Crippen LogP contribution >= 0.6 is 0 Å². The van der Waals surface area contributed by atoms with E-state index in [4.69, 9.17) is 4.74 Å². The zero-order valence-corrected chi connectivity index (χ0v) is 13.1. The van der Waals surface area contributed by atoms with E-state index in [9.17, 15) is 9.59 Å². The molecule has 3 rings (SSSR count). The zero-order chi connectivity index (χ0) is 16.4. The van der Waals surface area contributed by atoms with E-state index in [-0.39, 0.29) is 11.8 Å². The van der Waals surface area contributed by atoms with Gasteiger partial charge in [0.15, 0.2) is 0 Å². The first-order chi connectivity index (χ1) is 11.0. The van der Waals surface area contributed by atoms with Gasteiger partial charge in [0.2, 0.25) is 5.91 Å². The lowest BCUT2D eigenvalue weighted by Crippen LogP contribution is -2.14. The summed E-state index contributed by atoms with van der Waals surface area (Å²) in [6, 6.07) is 10.9. The van der Waals surface area contributed by atoms with Crippen LogP contribution in [0.3, 0.4) is 0 Å². The molecule has 2 aromatic rings. The predicted molar refractivity (Wildman–Crippen MR) is 89.1 cm³/mol. The van der Waals surface area contributed by atoms with Gasteiger partial charge in [0, 0.05) is 11.3 Å². The summed E-state index contributed by atoms with van der Waals surface area (Å²) in [6.07, 6.45) is 0.304. The molecule has 1 aliphatic heterocycles. The van der Waals surface area contributed by atoms with Gasteiger partial charge in [0.1, 0.15) is 5.75 Å². The van der Waals surface area contributed by atoms with Gasteiger partial charge in [0.05, 0.1) is 18.7 Å². The molecule has 118 valence electrons. The molecule has 0 saturated heterocycles. The number of rotatable bonds is 2. The van der Waals surface area contributed by atoms with Crippen LogP contribution in [-0.2, 0) is 4.79 Å². The number of anilines is 2. The highest BCUT2D eigenvalue weighted by Gasteiger charge is 2.16. The van der Waals surface area contributed by atoms with Crippen molar-refractivity contribution in [1.29, 1.82) is 0 Å². The Morgan fingerprint density at radius 3 is 2.83 bits per heavy atom. The number of aryl methyl sites for hydroxylation is 2. The summed E-state index contributed by atoms with van der Waals surface area (Å²) in [7, 11) is 0. The molecule has 0 aromatic heterocycles. The quantitative estimate of drug-likeness (QED) is 0.894. The first-order valence-electron chi connectivity index (χ1n) is 7.48. The maximum Gasteiger partial charge on any atom is 0.255 e. The molecule has 0 unspecified atom stereocenters. The van der Waals surface area contributed by atoms with Crippen molar-refractivity contribution in [2.75, 3.05) is 17.2 Å². The Morgan fingerprint density at radius 2 is 2.00 bits per heavy atom. The molecule has 2 amide bonds. The van der Waals surface area contributed by atoms with Crippen molar-refractivity contribution in [1.82, 2.24) is 0 Å². The molecule has 23 heavy (non-hydrogen) atoms. The van der Waals surface area contributed by atoms with Crippen LogP contribution in [0.4, 0.5) is 11.4 Å². The maximum absolute atomic E-state index is 12.5. The third-order valence-corrected chi connectivity index (χ3v) is 3.74. The molecule has 2 aromatic carbocycles. The lowest BCUT2D eigenvalue weighted by molar-refractivity contribution is -0.116. The monoisotopic (exact) mass is 310 g/mol. The second kappa shape index (κ2) is 6.12. The molecule has 0 atom stereocenters. The first-order valence-corrected chi connectivity index (χ1v) is 7.48. The average molecular weight is 310 g/mol. The Bertz CT molecular complexity index is 784. The maximum atomic E-state index is 12.5. The number of hydrogen-bond donors (Lipinski definition) is 2. The van der Waals surface area contributed by atoms with Crippen LogP contribution in [0, 0.1) is 13.8 Å². The molecular formula is C18H18N2O3. The summed E-state index contributed by atoms with van der Waals surface area (Å²) in [5, 5.41) is 5.67. The Balaban J connectivity index is 1.85. The molecule has 1 heterocycles. The van der Waals surface area contributed by atoms with Crippen molar-refractivity contribution in [2.45, 2.75) is 20.3 Å². The van der Waals surface area contributed by atoms with E-state index >= 15 is 0 Å². The van der Waals surface area contributed by atoms with Gasteiger partial charge in [-0.15, -0.1) is 0 Å². The molecule has 0 saturated carbocycles. The molecule has 5 heteroatoms. The van der Waals surface area contributed by atoms with E-state index in [0.717, 1.165) is 16.8 Å². The molecule has 0 aliphatic carbocycles. The SMILES string of the molecule is Cc1ccc(C)c(NC(=O)c2ccc3c(c2)NC(=O)CCO3)c1. The Kier molecular flexibility index (Phi) is 4.02. The van der Waals surface area contributed by atoms with Crippen LogP contribution < -0.4 is 15.4 Å². The molecule has 0 radical (unpaired) electrons. The van der Waals surface area contributed by atoms with Gasteiger partial charge in [-0.2, -0.15) is 0 Å². The number of fused-ring (bicyclic) bond motifs is 1. The van der Waals surface area contributed by atoms with E-state index in [1.54, 1.807) is 18.2 Å².